The molecule has 0 bridgehead atoms. The Kier molecular flexibility index (Phi) is 5.46. The van der Waals surface area contributed by atoms with Crippen LogP contribution in [0.1, 0.15) is 19.4 Å². The maximum atomic E-state index is 10.8. The Labute approximate surface area is 122 Å². The number of rotatable bonds is 6. The molecule has 0 aliphatic heterocycles. The Morgan fingerprint density at radius 1 is 1.42 bits per heavy atom. The highest BCUT2D eigenvalue weighted by Crippen LogP contribution is 2.28. The van der Waals surface area contributed by atoms with E-state index < -0.39 is 0 Å². The summed E-state index contributed by atoms with van der Waals surface area (Å²) in [5.74, 6) is 0. The molecule has 1 aromatic rings. The topological polar surface area (TPSA) is 58.4 Å². The summed E-state index contributed by atoms with van der Waals surface area (Å²) in [5, 5.41) is 14.2. The van der Waals surface area contributed by atoms with Gasteiger partial charge >= 0.3 is 0 Å². The fourth-order valence-electron chi connectivity index (χ4n) is 1.50. The van der Waals surface area contributed by atoms with Crippen LogP contribution in [0.15, 0.2) is 22.7 Å². The number of hydrogen-bond acceptors (Lipinski definition) is 4. The third-order valence-electron chi connectivity index (χ3n) is 3.34. The number of benzene rings is 1. The van der Waals surface area contributed by atoms with Gasteiger partial charge in [0.1, 0.15) is 0 Å². The molecule has 19 heavy (non-hydrogen) atoms. The smallest absolute Gasteiger partial charge is 0.283 e. The van der Waals surface area contributed by atoms with E-state index in [1.54, 1.807) is 6.07 Å². The summed E-state index contributed by atoms with van der Waals surface area (Å²) in [6, 6.07) is 5.08. The molecular formula is C13H20BrN3O2. The molecule has 0 fully saturated rings. The predicted octanol–water partition coefficient (Wildman–Crippen LogP) is 2.79. The first kappa shape index (κ1) is 16.1. The number of nitro groups is 1. The van der Waals surface area contributed by atoms with E-state index >= 15 is 0 Å². The van der Waals surface area contributed by atoms with Crippen molar-refractivity contribution in [2.45, 2.75) is 25.9 Å². The number of halogens is 1. The molecule has 0 spiro atoms. The number of hydrogen-bond donors (Lipinski definition) is 1. The number of nitrogens with zero attached hydrogens (tertiary/aromatic N) is 2. The number of nitro benzene ring substituents is 1. The van der Waals surface area contributed by atoms with Crippen LogP contribution in [-0.2, 0) is 6.54 Å². The molecule has 5 nitrogen and oxygen atoms in total. The van der Waals surface area contributed by atoms with E-state index in [1.165, 1.54) is 6.07 Å². The van der Waals surface area contributed by atoms with Crippen molar-refractivity contribution in [1.82, 2.24) is 10.2 Å². The van der Waals surface area contributed by atoms with Gasteiger partial charge in [0.2, 0.25) is 0 Å². The SMILES string of the molecule is CN(C)C(C)(C)CNCc1cccc([N+](=O)[O-])c1Br. The molecule has 1 N–H and O–H groups in total. The monoisotopic (exact) mass is 329 g/mol. The van der Waals surface area contributed by atoms with Crippen LogP contribution in [0.3, 0.4) is 0 Å². The summed E-state index contributed by atoms with van der Waals surface area (Å²) in [5.41, 5.74) is 1.03. The Morgan fingerprint density at radius 2 is 2.05 bits per heavy atom. The minimum atomic E-state index is -0.378. The third-order valence-corrected chi connectivity index (χ3v) is 4.25. The molecule has 1 rings (SSSR count). The first-order valence-electron chi connectivity index (χ1n) is 6.05. The predicted molar refractivity (Wildman–Crippen MR) is 80.3 cm³/mol. The maximum absolute atomic E-state index is 10.8. The summed E-state index contributed by atoms with van der Waals surface area (Å²) in [6.45, 7) is 5.68. The Hall–Kier alpha value is -0.980. The fourth-order valence-corrected chi connectivity index (χ4v) is 2.05. The number of nitrogens with one attached hydrogen (secondary N) is 1. The summed E-state index contributed by atoms with van der Waals surface area (Å²) in [6.07, 6.45) is 0. The van der Waals surface area contributed by atoms with Crippen molar-refractivity contribution in [3.8, 4) is 0 Å². The minimum absolute atomic E-state index is 0.0349. The average molecular weight is 330 g/mol. The molecule has 6 heteroatoms. The standard InChI is InChI=1S/C13H20BrN3O2/c1-13(2,16(3)4)9-15-8-10-6-5-7-11(12(10)14)17(18)19/h5-7,15H,8-9H2,1-4H3. The van der Waals surface area contributed by atoms with Gasteiger partial charge in [0.05, 0.1) is 9.40 Å². The van der Waals surface area contributed by atoms with Crippen molar-refractivity contribution in [3.05, 3.63) is 38.3 Å². The molecule has 0 amide bonds. The molecular weight excluding hydrogens is 310 g/mol. The largest absolute Gasteiger partial charge is 0.311 e. The zero-order valence-corrected chi connectivity index (χ0v) is 13.3. The molecule has 0 aliphatic carbocycles. The lowest BCUT2D eigenvalue weighted by Gasteiger charge is -2.32. The van der Waals surface area contributed by atoms with Gasteiger partial charge in [0.25, 0.3) is 5.69 Å². The van der Waals surface area contributed by atoms with Crippen LogP contribution in [0.25, 0.3) is 0 Å². The second-order valence-electron chi connectivity index (χ2n) is 5.32. The van der Waals surface area contributed by atoms with E-state index in [0.29, 0.717) is 11.0 Å². The van der Waals surface area contributed by atoms with Crippen molar-refractivity contribution in [2.24, 2.45) is 0 Å². The first-order valence-corrected chi connectivity index (χ1v) is 6.85. The van der Waals surface area contributed by atoms with Crippen molar-refractivity contribution >= 4 is 21.6 Å². The van der Waals surface area contributed by atoms with Gasteiger partial charge in [-0.3, -0.25) is 10.1 Å². The summed E-state index contributed by atoms with van der Waals surface area (Å²) in [7, 11) is 4.07. The molecule has 0 aliphatic rings. The van der Waals surface area contributed by atoms with E-state index in [9.17, 15) is 10.1 Å². The van der Waals surface area contributed by atoms with Crippen LogP contribution >= 0.6 is 15.9 Å². The molecule has 106 valence electrons. The molecule has 1 aromatic carbocycles. The second kappa shape index (κ2) is 6.45. The van der Waals surface area contributed by atoms with E-state index in [2.05, 4.69) is 40.0 Å². The highest BCUT2D eigenvalue weighted by molar-refractivity contribution is 9.10. The van der Waals surface area contributed by atoms with Gasteiger partial charge in [-0.05, 0) is 49.4 Å². The quantitative estimate of drug-likeness (QED) is 0.644. The molecule has 0 saturated carbocycles. The van der Waals surface area contributed by atoms with Gasteiger partial charge in [-0.1, -0.05) is 12.1 Å². The highest BCUT2D eigenvalue weighted by atomic mass is 79.9. The summed E-state index contributed by atoms with van der Waals surface area (Å²) in [4.78, 5) is 12.6. The van der Waals surface area contributed by atoms with E-state index in [0.717, 1.165) is 12.1 Å². The average Bonchev–Trinajstić information content (AvgIpc) is 2.30. The molecule has 0 heterocycles. The van der Waals surface area contributed by atoms with Gasteiger partial charge in [-0.25, -0.2) is 0 Å². The first-order chi connectivity index (χ1) is 8.75. The van der Waals surface area contributed by atoms with Crippen molar-refractivity contribution in [1.29, 1.82) is 0 Å². The Balaban J connectivity index is 2.69. The van der Waals surface area contributed by atoms with Crippen molar-refractivity contribution in [3.63, 3.8) is 0 Å². The van der Waals surface area contributed by atoms with Gasteiger partial charge in [0.15, 0.2) is 0 Å². The minimum Gasteiger partial charge on any atom is -0.311 e. The second-order valence-corrected chi connectivity index (χ2v) is 6.11. The fraction of sp³-hybridized carbons (Fsp3) is 0.538. The molecule has 0 unspecified atom stereocenters. The maximum Gasteiger partial charge on any atom is 0.283 e. The molecule has 0 saturated heterocycles. The normalized spacial score (nSPS) is 11.9. The van der Waals surface area contributed by atoms with Crippen LogP contribution in [-0.4, -0.2) is 36.0 Å². The zero-order chi connectivity index (χ0) is 14.6. The number of likely N-dealkylation sites (N-methyl/N-ethyl adjacent to an activating group) is 1. The van der Waals surface area contributed by atoms with Crippen LogP contribution in [0.4, 0.5) is 5.69 Å². The Morgan fingerprint density at radius 3 is 2.58 bits per heavy atom. The van der Waals surface area contributed by atoms with Crippen molar-refractivity contribution in [2.75, 3.05) is 20.6 Å². The summed E-state index contributed by atoms with van der Waals surface area (Å²) >= 11 is 3.30. The Bertz CT molecular complexity index is 461. The lowest BCUT2D eigenvalue weighted by Crippen LogP contribution is -2.46. The molecule has 0 radical (unpaired) electrons. The van der Waals surface area contributed by atoms with Gasteiger partial charge in [0, 0.05) is 24.7 Å². The van der Waals surface area contributed by atoms with Crippen LogP contribution in [0.2, 0.25) is 0 Å². The highest BCUT2D eigenvalue weighted by Gasteiger charge is 2.20. The lowest BCUT2D eigenvalue weighted by atomic mass is 10.0. The summed E-state index contributed by atoms with van der Waals surface area (Å²) < 4.78 is 0.551. The van der Waals surface area contributed by atoms with Crippen LogP contribution in [0.5, 0.6) is 0 Å². The van der Waals surface area contributed by atoms with Crippen molar-refractivity contribution < 1.29 is 4.92 Å². The van der Waals surface area contributed by atoms with Gasteiger partial charge in [-0.15, -0.1) is 0 Å². The molecule has 0 atom stereocenters. The van der Waals surface area contributed by atoms with Gasteiger partial charge < -0.3 is 10.2 Å². The van der Waals surface area contributed by atoms with E-state index in [4.69, 9.17) is 0 Å². The van der Waals surface area contributed by atoms with Crippen LogP contribution < -0.4 is 5.32 Å². The van der Waals surface area contributed by atoms with Gasteiger partial charge in [-0.2, -0.15) is 0 Å². The third kappa shape index (κ3) is 4.26. The van der Waals surface area contributed by atoms with E-state index in [1.807, 2.05) is 20.2 Å². The molecule has 0 aromatic heterocycles. The zero-order valence-electron chi connectivity index (χ0n) is 11.7. The van der Waals surface area contributed by atoms with Crippen LogP contribution in [0, 0.1) is 10.1 Å². The van der Waals surface area contributed by atoms with E-state index in [-0.39, 0.29) is 16.1 Å². The lowest BCUT2D eigenvalue weighted by molar-refractivity contribution is -0.385.